The Labute approximate surface area is 152 Å². The molecule has 3 rings (SSSR count). The quantitative estimate of drug-likeness (QED) is 0.810. The molecule has 0 aliphatic carbocycles. The van der Waals surface area contributed by atoms with E-state index in [1.807, 2.05) is 20.9 Å². The van der Waals surface area contributed by atoms with Crippen molar-refractivity contribution in [1.29, 1.82) is 0 Å². The monoisotopic (exact) mass is 353 g/mol. The largest absolute Gasteiger partial charge is 0.352 e. The van der Waals surface area contributed by atoms with Gasteiger partial charge in [-0.2, -0.15) is 0 Å². The van der Waals surface area contributed by atoms with Crippen LogP contribution in [0.25, 0.3) is 0 Å². The molecule has 2 aromatic rings. The van der Waals surface area contributed by atoms with Gasteiger partial charge in [-0.15, -0.1) is 0 Å². The Morgan fingerprint density at radius 2 is 1.69 bits per heavy atom. The van der Waals surface area contributed by atoms with E-state index in [0.29, 0.717) is 24.1 Å². The lowest BCUT2D eigenvalue weighted by Crippen LogP contribution is -2.32. The molecular formula is C20H23N3O3. The number of hydrogen-bond acceptors (Lipinski definition) is 3. The van der Waals surface area contributed by atoms with E-state index in [1.54, 1.807) is 24.3 Å². The molecule has 0 saturated carbocycles. The van der Waals surface area contributed by atoms with E-state index in [9.17, 15) is 14.4 Å². The Bertz CT molecular complexity index is 847. The third-order valence-electron chi connectivity index (χ3n) is 5.02. The predicted molar refractivity (Wildman–Crippen MR) is 97.8 cm³/mol. The maximum absolute atomic E-state index is 12.3. The van der Waals surface area contributed by atoms with Gasteiger partial charge < -0.3 is 9.88 Å². The van der Waals surface area contributed by atoms with E-state index >= 15 is 0 Å². The summed E-state index contributed by atoms with van der Waals surface area (Å²) in [7, 11) is 2.00. The zero-order valence-corrected chi connectivity index (χ0v) is 15.3. The molecule has 2 heterocycles. The molecule has 0 fully saturated rings. The van der Waals surface area contributed by atoms with Gasteiger partial charge in [0.15, 0.2) is 0 Å². The summed E-state index contributed by atoms with van der Waals surface area (Å²) in [4.78, 5) is 37.8. The number of aromatic nitrogens is 1. The summed E-state index contributed by atoms with van der Waals surface area (Å²) in [6, 6.07) is 8.87. The average Bonchev–Trinajstić information content (AvgIpc) is 3.02. The van der Waals surface area contributed by atoms with Gasteiger partial charge in [-0.1, -0.05) is 12.1 Å². The first-order valence-corrected chi connectivity index (χ1v) is 8.74. The highest BCUT2D eigenvalue weighted by molar-refractivity contribution is 6.21. The fourth-order valence-electron chi connectivity index (χ4n) is 3.23. The summed E-state index contributed by atoms with van der Waals surface area (Å²) in [6.07, 6.45) is 0.725. The van der Waals surface area contributed by atoms with Crippen molar-refractivity contribution < 1.29 is 14.4 Å². The van der Waals surface area contributed by atoms with Crippen LogP contribution < -0.4 is 5.32 Å². The maximum Gasteiger partial charge on any atom is 0.261 e. The number of fused-ring (bicyclic) bond motifs is 1. The van der Waals surface area contributed by atoms with Crippen LogP contribution in [0.1, 0.15) is 50.5 Å². The molecule has 136 valence electrons. The number of benzene rings is 1. The van der Waals surface area contributed by atoms with Gasteiger partial charge in [0.2, 0.25) is 5.91 Å². The summed E-state index contributed by atoms with van der Waals surface area (Å²) >= 11 is 0. The summed E-state index contributed by atoms with van der Waals surface area (Å²) in [5, 5.41) is 2.90. The summed E-state index contributed by atoms with van der Waals surface area (Å²) in [6.45, 7) is 4.79. The molecule has 1 N–H and O–H groups in total. The number of nitrogens with zero attached hydrogens (tertiary/aromatic N) is 2. The molecule has 1 aliphatic rings. The molecular weight excluding hydrogens is 330 g/mol. The van der Waals surface area contributed by atoms with Crippen LogP contribution in [-0.4, -0.2) is 33.7 Å². The van der Waals surface area contributed by atoms with Crippen LogP contribution in [0.5, 0.6) is 0 Å². The lowest BCUT2D eigenvalue weighted by molar-refractivity contribution is -0.121. The van der Waals surface area contributed by atoms with Crippen molar-refractivity contribution in [3.63, 3.8) is 0 Å². The fraction of sp³-hybridized carbons (Fsp3) is 0.350. The van der Waals surface area contributed by atoms with Crippen LogP contribution in [-0.2, 0) is 18.4 Å². The molecule has 3 amide bonds. The Balaban J connectivity index is 1.48. The van der Waals surface area contributed by atoms with Gasteiger partial charge in [-0.3, -0.25) is 19.3 Å². The topological polar surface area (TPSA) is 71.4 Å². The summed E-state index contributed by atoms with van der Waals surface area (Å²) in [5.74, 6) is -0.634. The van der Waals surface area contributed by atoms with Crippen molar-refractivity contribution in [2.75, 3.05) is 6.54 Å². The minimum atomic E-state index is -0.276. The van der Waals surface area contributed by atoms with Gasteiger partial charge in [-0.05, 0) is 44.0 Å². The SMILES string of the molecule is Cc1cc(CNC(=O)CCCN2C(=O)c3ccccc3C2=O)c(C)n1C. The van der Waals surface area contributed by atoms with Crippen molar-refractivity contribution in [2.45, 2.75) is 33.2 Å². The third-order valence-corrected chi connectivity index (χ3v) is 5.02. The highest BCUT2D eigenvalue weighted by Gasteiger charge is 2.34. The second kappa shape index (κ2) is 7.15. The van der Waals surface area contributed by atoms with Gasteiger partial charge in [-0.25, -0.2) is 0 Å². The smallest absolute Gasteiger partial charge is 0.261 e. The van der Waals surface area contributed by atoms with Crippen molar-refractivity contribution in [3.8, 4) is 0 Å². The second-order valence-corrected chi connectivity index (χ2v) is 6.64. The lowest BCUT2D eigenvalue weighted by Gasteiger charge is -2.13. The summed E-state index contributed by atoms with van der Waals surface area (Å²) in [5.41, 5.74) is 4.26. The van der Waals surface area contributed by atoms with Crippen LogP contribution in [0.15, 0.2) is 30.3 Å². The lowest BCUT2D eigenvalue weighted by atomic mass is 10.1. The molecule has 0 unspecified atom stereocenters. The zero-order valence-electron chi connectivity index (χ0n) is 15.3. The Kier molecular flexibility index (Phi) is 4.93. The van der Waals surface area contributed by atoms with Crippen LogP contribution in [0, 0.1) is 13.8 Å². The number of amides is 3. The van der Waals surface area contributed by atoms with E-state index in [-0.39, 0.29) is 30.7 Å². The van der Waals surface area contributed by atoms with E-state index < -0.39 is 0 Å². The number of nitrogens with one attached hydrogen (secondary N) is 1. The standard InChI is InChI=1S/C20H23N3O3/c1-13-11-15(14(2)22(13)3)12-21-18(24)9-6-10-23-19(25)16-7-4-5-8-17(16)20(23)26/h4-5,7-8,11H,6,9-10,12H2,1-3H3,(H,21,24). The third kappa shape index (κ3) is 3.27. The second-order valence-electron chi connectivity index (χ2n) is 6.64. The van der Waals surface area contributed by atoms with Crippen molar-refractivity contribution in [3.05, 3.63) is 58.4 Å². The molecule has 0 radical (unpaired) electrons. The van der Waals surface area contributed by atoms with Crippen molar-refractivity contribution in [2.24, 2.45) is 7.05 Å². The average molecular weight is 353 g/mol. The highest BCUT2D eigenvalue weighted by Crippen LogP contribution is 2.22. The van der Waals surface area contributed by atoms with E-state index in [4.69, 9.17) is 0 Å². The zero-order chi connectivity index (χ0) is 18.8. The van der Waals surface area contributed by atoms with Gasteiger partial charge in [0.05, 0.1) is 11.1 Å². The molecule has 6 nitrogen and oxygen atoms in total. The van der Waals surface area contributed by atoms with Crippen molar-refractivity contribution in [1.82, 2.24) is 14.8 Å². The van der Waals surface area contributed by atoms with Crippen molar-refractivity contribution >= 4 is 17.7 Å². The minimum Gasteiger partial charge on any atom is -0.352 e. The number of aryl methyl sites for hydroxylation is 1. The number of carbonyl (C=O) groups excluding carboxylic acids is 3. The molecule has 6 heteroatoms. The number of imide groups is 1. The van der Waals surface area contributed by atoms with E-state index in [2.05, 4.69) is 16.0 Å². The number of rotatable bonds is 6. The molecule has 1 aromatic carbocycles. The molecule has 0 bridgehead atoms. The van der Waals surface area contributed by atoms with Gasteiger partial charge in [0.1, 0.15) is 0 Å². The Hall–Kier alpha value is -2.89. The van der Waals surface area contributed by atoms with Gasteiger partial charge >= 0.3 is 0 Å². The first-order valence-electron chi connectivity index (χ1n) is 8.74. The van der Waals surface area contributed by atoms with Crippen LogP contribution in [0.3, 0.4) is 0 Å². The molecule has 1 aliphatic heterocycles. The molecule has 0 spiro atoms. The number of hydrogen-bond donors (Lipinski definition) is 1. The Morgan fingerprint density at radius 1 is 1.08 bits per heavy atom. The fourth-order valence-corrected chi connectivity index (χ4v) is 3.23. The minimum absolute atomic E-state index is 0.0810. The van der Waals surface area contributed by atoms with E-state index in [1.165, 1.54) is 4.90 Å². The van der Waals surface area contributed by atoms with E-state index in [0.717, 1.165) is 17.0 Å². The summed E-state index contributed by atoms with van der Waals surface area (Å²) < 4.78 is 2.09. The normalized spacial score (nSPS) is 13.3. The van der Waals surface area contributed by atoms with Gasteiger partial charge in [0, 0.05) is 37.9 Å². The molecule has 1 aromatic heterocycles. The Morgan fingerprint density at radius 3 is 2.23 bits per heavy atom. The molecule has 26 heavy (non-hydrogen) atoms. The van der Waals surface area contributed by atoms with Crippen LogP contribution in [0.2, 0.25) is 0 Å². The first kappa shape index (κ1) is 17.9. The highest BCUT2D eigenvalue weighted by atomic mass is 16.2. The molecule has 0 atom stereocenters. The van der Waals surface area contributed by atoms with Crippen LogP contribution >= 0.6 is 0 Å². The number of carbonyl (C=O) groups is 3. The van der Waals surface area contributed by atoms with Gasteiger partial charge in [0.25, 0.3) is 11.8 Å². The molecule has 0 saturated heterocycles. The van der Waals surface area contributed by atoms with Crippen LogP contribution in [0.4, 0.5) is 0 Å². The first-order chi connectivity index (χ1) is 12.4. The predicted octanol–water partition coefficient (Wildman–Crippen LogP) is 2.33. The maximum atomic E-state index is 12.3.